The van der Waals surface area contributed by atoms with Gasteiger partial charge in [0.05, 0.1) is 23.2 Å². The van der Waals surface area contributed by atoms with Gasteiger partial charge in [-0.25, -0.2) is 14.5 Å². The molecule has 0 bridgehead atoms. The van der Waals surface area contributed by atoms with Crippen LogP contribution in [0.25, 0.3) is 11.0 Å². The molecule has 0 spiro atoms. The third-order valence-electron chi connectivity index (χ3n) is 3.51. The van der Waals surface area contributed by atoms with Crippen LogP contribution in [0.2, 0.25) is 5.02 Å². The van der Waals surface area contributed by atoms with Crippen LogP contribution in [0.1, 0.15) is 27.3 Å². The van der Waals surface area contributed by atoms with Gasteiger partial charge >= 0.3 is 5.97 Å². The van der Waals surface area contributed by atoms with E-state index in [0.717, 1.165) is 5.56 Å². The van der Waals surface area contributed by atoms with Crippen molar-refractivity contribution in [1.29, 1.82) is 0 Å². The van der Waals surface area contributed by atoms with Crippen LogP contribution in [0.4, 0.5) is 0 Å². The molecule has 2 aromatic heterocycles. The van der Waals surface area contributed by atoms with Crippen molar-refractivity contribution in [1.82, 2.24) is 14.8 Å². The van der Waals surface area contributed by atoms with Crippen LogP contribution in [0.15, 0.2) is 30.3 Å². The van der Waals surface area contributed by atoms with E-state index < -0.39 is 5.97 Å². The predicted octanol–water partition coefficient (Wildman–Crippen LogP) is 3.45. The van der Waals surface area contributed by atoms with Crippen molar-refractivity contribution < 1.29 is 9.90 Å². The van der Waals surface area contributed by atoms with Crippen molar-refractivity contribution >= 4 is 28.6 Å². The van der Waals surface area contributed by atoms with Crippen molar-refractivity contribution in [2.75, 3.05) is 0 Å². The number of carboxylic acids is 1. The number of hydrogen-bond acceptors (Lipinski definition) is 3. The lowest BCUT2D eigenvalue weighted by Crippen LogP contribution is -2.05. The molecule has 0 saturated heterocycles. The highest BCUT2D eigenvalue weighted by molar-refractivity contribution is 6.31. The predicted molar refractivity (Wildman–Crippen MR) is 84.5 cm³/mol. The minimum absolute atomic E-state index is 0.227. The number of aromatic nitrogens is 3. The number of benzene rings is 1. The van der Waals surface area contributed by atoms with Crippen LogP contribution in [0, 0.1) is 13.8 Å². The number of carboxylic acid groups (broad SMARTS) is 1. The average Bonchev–Trinajstić information content (AvgIpc) is 2.77. The van der Waals surface area contributed by atoms with Crippen LogP contribution in [-0.4, -0.2) is 25.8 Å². The first-order valence-electron chi connectivity index (χ1n) is 6.79. The molecule has 0 unspecified atom stereocenters. The molecule has 0 atom stereocenters. The molecule has 0 radical (unpaired) electrons. The Kier molecular flexibility index (Phi) is 3.58. The first-order chi connectivity index (χ1) is 10.5. The summed E-state index contributed by atoms with van der Waals surface area (Å²) in [5.41, 5.74) is 2.99. The Balaban J connectivity index is 2.20. The molecular formula is C16H14ClN3O2. The van der Waals surface area contributed by atoms with E-state index in [0.29, 0.717) is 34.0 Å². The van der Waals surface area contributed by atoms with Crippen molar-refractivity contribution in [2.45, 2.75) is 20.4 Å². The number of fused-ring (bicyclic) bond motifs is 1. The lowest BCUT2D eigenvalue weighted by molar-refractivity contribution is 0.0698. The third kappa shape index (κ3) is 2.44. The van der Waals surface area contributed by atoms with Gasteiger partial charge in [0.15, 0.2) is 5.65 Å². The largest absolute Gasteiger partial charge is 0.478 e. The second kappa shape index (κ2) is 5.42. The zero-order valence-corrected chi connectivity index (χ0v) is 12.9. The molecule has 0 aliphatic heterocycles. The topological polar surface area (TPSA) is 68.0 Å². The summed E-state index contributed by atoms with van der Waals surface area (Å²) in [5.74, 6) is -0.976. The molecule has 6 heteroatoms. The van der Waals surface area contributed by atoms with E-state index in [9.17, 15) is 9.90 Å². The number of rotatable bonds is 3. The molecule has 0 amide bonds. The van der Waals surface area contributed by atoms with Crippen LogP contribution in [0.3, 0.4) is 0 Å². The first-order valence-corrected chi connectivity index (χ1v) is 7.16. The molecule has 3 aromatic rings. The molecule has 112 valence electrons. The van der Waals surface area contributed by atoms with E-state index in [2.05, 4.69) is 10.1 Å². The lowest BCUT2D eigenvalue weighted by atomic mass is 10.1. The monoisotopic (exact) mass is 315 g/mol. The summed E-state index contributed by atoms with van der Waals surface area (Å²) < 4.78 is 1.70. The summed E-state index contributed by atoms with van der Waals surface area (Å²) in [6.45, 7) is 4.00. The zero-order valence-electron chi connectivity index (χ0n) is 12.2. The van der Waals surface area contributed by atoms with Crippen molar-refractivity contribution in [3.05, 3.63) is 57.9 Å². The van der Waals surface area contributed by atoms with Crippen molar-refractivity contribution in [2.24, 2.45) is 0 Å². The van der Waals surface area contributed by atoms with Crippen LogP contribution in [-0.2, 0) is 6.54 Å². The number of hydrogen-bond donors (Lipinski definition) is 1. The molecule has 22 heavy (non-hydrogen) atoms. The number of halogens is 1. The van der Waals surface area contributed by atoms with Gasteiger partial charge in [0.25, 0.3) is 0 Å². The highest BCUT2D eigenvalue weighted by Gasteiger charge is 2.18. The highest BCUT2D eigenvalue weighted by atomic mass is 35.5. The molecular weight excluding hydrogens is 302 g/mol. The molecule has 0 fully saturated rings. The molecule has 0 aliphatic carbocycles. The van der Waals surface area contributed by atoms with Crippen LogP contribution < -0.4 is 0 Å². The molecule has 1 aromatic carbocycles. The minimum Gasteiger partial charge on any atom is -0.478 e. The maximum absolute atomic E-state index is 11.5. The smallest absolute Gasteiger partial charge is 0.336 e. The summed E-state index contributed by atoms with van der Waals surface area (Å²) >= 11 is 6.19. The average molecular weight is 316 g/mol. The second-order valence-electron chi connectivity index (χ2n) is 5.15. The Morgan fingerprint density at radius 1 is 1.32 bits per heavy atom. The molecule has 2 heterocycles. The quantitative estimate of drug-likeness (QED) is 0.803. The minimum atomic E-state index is -0.976. The fourth-order valence-corrected chi connectivity index (χ4v) is 2.74. The SMILES string of the molecule is Cc1cc(C(=O)O)c2c(C)nn(Cc3ccccc3Cl)c2n1. The van der Waals surface area contributed by atoms with Gasteiger partial charge in [-0.3, -0.25) is 0 Å². The highest BCUT2D eigenvalue weighted by Crippen LogP contribution is 2.24. The van der Waals surface area contributed by atoms with E-state index in [1.807, 2.05) is 24.3 Å². The lowest BCUT2D eigenvalue weighted by Gasteiger charge is -2.06. The van der Waals surface area contributed by atoms with E-state index in [-0.39, 0.29) is 5.56 Å². The first kappa shape index (κ1) is 14.5. The van der Waals surface area contributed by atoms with Gasteiger partial charge in [-0.1, -0.05) is 29.8 Å². The van der Waals surface area contributed by atoms with Crippen molar-refractivity contribution in [3.63, 3.8) is 0 Å². The number of carbonyl (C=O) groups is 1. The Hall–Kier alpha value is -2.40. The maximum Gasteiger partial charge on any atom is 0.336 e. The van der Waals surface area contributed by atoms with E-state index in [1.165, 1.54) is 0 Å². The van der Waals surface area contributed by atoms with Gasteiger partial charge in [0.2, 0.25) is 0 Å². The number of pyridine rings is 1. The maximum atomic E-state index is 11.5. The number of nitrogens with zero attached hydrogens (tertiary/aromatic N) is 3. The van der Waals surface area contributed by atoms with Gasteiger partial charge in [0, 0.05) is 10.7 Å². The Morgan fingerprint density at radius 3 is 2.73 bits per heavy atom. The summed E-state index contributed by atoms with van der Waals surface area (Å²) in [6, 6.07) is 9.07. The Bertz CT molecular complexity index is 886. The number of aromatic carboxylic acids is 1. The van der Waals surface area contributed by atoms with Gasteiger partial charge < -0.3 is 5.11 Å². The fraction of sp³-hybridized carbons (Fsp3) is 0.188. The molecule has 5 nitrogen and oxygen atoms in total. The fourth-order valence-electron chi connectivity index (χ4n) is 2.55. The van der Waals surface area contributed by atoms with E-state index >= 15 is 0 Å². The summed E-state index contributed by atoms with van der Waals surface area (Å²) in [5, 5.41) is 15.1. The normalized spacial score (nSPS) is 11.0. The van der Waals surface area contributed by atoms with E-state index in [4.69, 9.17) is 11.6 Å². The van der Waals surface area contributed by atoms with Gasteiger partial charge in [-0.05, 0) is 31.5 Å². The summed E-state index contributed by atoms with van der Waals surface area (Å²) in [7, 11) is 0. The molecule has 1 N–H and O–H groups in total. The Morgan fingerprint density at radius 2 is 2.05 bits per heavy atom. The molecule has 0 aliphatic rings. The molecule has 3 rings (SSSR count). The van der Waals surface area contributed by atoms with Crippen molar-refractivity contribution in [3.8, 4) is 0 Å². The summed E-state index contributed by atoms with van der Waals surface area (Å²) in [4.78, 5) is 15.9. The van der Waals surface area contributed by atoms with Gasteiger partial charge in [-0.15, -0.1) is 0 Å². The van der Waals surface area contributed by atoms with E-state index in [1.54, 1.807) is 24.6 Å². The third-order valence-corrected chi connectivity index (χ3v) is 3.88. The van der Waals surface area contributed by atoms with Gasteiger partial charge in [0.1, 0.15) is 0 Å². The van der Waals surface area contributed by atoms with Gasteiger partial charge in [-0.2, -0.15) is 5.10 Å². The second-order valence-corrected chi connectivity index (χ2v) is 5.56. The standard InChI is InChI=1S/C16H14ClN3O2/c1-9-7-12(16(21)22)14-10(2)19-20(15(14)18-9)8-11-5-3-4-6-13(11)17/h3-7H,8H2,1-2H3,(H,21,22). The summed E-state index contributed by atoms with van der Waals surface area (Å²) in [6.07, 6.45) is 0. The van der Waals surface area contributed by atoms with Crippen LogP contribution in [0.5, 0.6) is 0 Å². The Labute approximate surface area is 132 Å². The zero-order chi connectivity index (χ0) is 15.9. The van der Waals surface area contributed by atoms with Crippen LogP contribution >= 0.6 is 11.6 Å². The number of aryl methyl sites for hydroxylation is 2. The molecule has 0 saturated carbocycles.